The number of amides is 1. The molecule has 0 unspecified atom stereocenters. The minimum absolute atomic E-state index is 0.0447. The molecule has 47 heavy (non-hydrogen) atoms. The second-order valence-corrected chi connectivity index (χ2v) is 12.1. The van der Waals surface area contributed by atoms with Crippen LogP contribution in [0.2, 0.25) is 0 Å². The van der Waals surface area contributed by atoms with Gasteiger partial charge in [-0.2, -0.15) is 0 Å². The van der Waals surface area contributed by atoms with Gasteiger partial charge in [-0.05, 0) is 12.2 Å². The average molecular weight is 688 g/mol. The van der Waals surface area contributed by atoms with Crippen LogP contribution in [0.25, 0.3) is 0 Å². The highest BCUT2D eigenvalue weighted by Gasteiger charge is 2.33. The second-order valence-electron chi connectivity index (χ2n) is 11.7. The molecule has 0 spiro atoms. The molecule has 3 heterocycles. The van der Waals surface area contributed by atoms with Gasteiger partial charge in [0.25, 0.3) is 0 Å². The van der Waals surface area contributed by atoms with Crippen LogP contribution in [-0.4, -0.2) is 174 Å². The molecule has 272 valence electrons. The Labute approximate surface area is 287 Å². The highest BCUT2D eigenvalue weighted by Crippen LogP contribution is 2.06. The quantitative estimate of drug-likeness (QED) is 0.0376. The van der Waals surface area contributed by atoms with E-state index in [1.807, 2.05) is 0 Å². The highest BCUT2D eigenvalue weighted by atomic mass is 32.1. The molecule has 0 atom stereocenters. The van der Waals surface area contributed by atoms with E-state index in [0.29, 0.717) is 117 Å². The molecule has 3 saturated heterocycles. The van der Waals surface area contributed by atoms with Crippen molar-refractivity contribution in [1.82, 2.24) is 47.9 Å². The van der Waals surface area contributed by atoms with Crippen molar-refractivity contribution in [3.05, 3.63) is 0 Å². The number of thiocarbonyl (C=S) groups is 1. The van der Waals surface area contributed by atoms with Gasteiger partial charge in [0.15, 0.2) is 5.11 Å². The Morgan fingerprint density at radius 3 is 1.45 bits per heavy atom. The Morgan fingerprint density at radius 1 is 0.660 bits per heavy atom. The van der Waals surface area contributed by atoms with Crippen molar-refractivity contribution < 1.29 is 28.5 Å². The lowest BCUT2D eigenvalue weighted by Crippen LogP contribution is -2.68. The first-order chi connectivity index (χ1) is 23.0. The van der Waals surface area contributed by atoms with E-state index in [1.165, 1.54) is 0 Å². The molecule has 3 aliphatic heterocycles. The fourth-order valence-electron chi connectivity index (χ4n) is 5.10. The summed E-state index contributed by atoms with van der Waals surface area (Å²) in [4.78, 5) is 13.1. The Kier molecular flexibility index (Phi) is 23.9. The van der Waals surface area contributed by atoms with Crippen molar-refractivity contribution in [2.45, 2.75) is 23.9 Å². The summed E-state index contributed by atoms with van der Waals surface area (Å²) in [5.74, 6) is 2.59. The fourth-order valence-corrected chi connectivity index (χ4v) is 5.42. The maximum atomic E-state index is 13.1. The van der Waals surface area contributed by atoms with Gasteiger partial charge in [0, 0.05) is 105 Å². The van der Waals surface area contributed by atoms with Gasteiger partial charge < -0.3 is 71.5 Å². The van der Waals surface area contributed by atoms with Gasteiger partial charge in [0.05, 0.1) is 70.5 Å². The SMILES string of the molecule is C#CCCNC(=S)NC12CNCCNCC(NC(=O)CCOCCOCCOCCOCCOC)(CNCCNC1)CNCCNC2. The van der Waals surface area contributed by atoms with Crippen molar-refractivity contribution in [2.75, 3.05) is 152 Å². The molecule has 9 N–H and O–H groups in total. The van der Waals surface area contributed by atoms with Gasteiger partial charge >= 0.3 is 0 Å². The van der Waals surface area contributed by atoms with E-state index >= 15 is 0 Å². The lowest BCUT2D eigenvalue weighted by atomic mass is 9.97. The number of fused-ring (bicyclic) bond motifs is 15. The standard InChI is InChI=1S/C31H61N9O6S/c1-3-4-6-38-29(47)40-31-25-35-10-7-32-22-30(23-33-8-11-36-26-31,24-34-9-12-37-27-31)39-28(41)5-13-43-16-17-45-20-21-46-19-18-44-15-14-42-2/h1,32-37H,4-27H2,2H3,(H,39,41)(H2,38,40,47). The summed E-state index contributed by atoms with van der Waals surface area (Å²) >= 11 is 5.61. The Balaban J connectivity index is 1.79. The van der Waals surface area contributed by atoms with E-state index in [2.05, 4.69) is 53.8 Å². The van der Waals surface area contributed by atoms with Crippen molar-refractivity contribution in [3.8, 4) is 12.3 Å². The summed E-state index contributed by atoms with van der Waals surface area (Å²) in [5.41, 5.74) is -0.848. The van der Waals surface area contributed by atoms with E-state index in [9.17, 15) is 4.79 Å². The first kappa shape index (κ1) is 41.5. The number of hydrogen-bond donors (Lipinski definition) is 9. The highest BCUT2D eigenvalue weighted by molar-refractivity contribution is 7.80. The van der Waals surface area contributed by atoms with Crippen LogP contribution >= 0.6 is 12.2 Å². The molecule has 2 bridgehead atoms. The maximum Gasteiger partial charge on any atom is 0.222 e. The van der Waals surface area contributed by atoms with Crippen LogP contribution in [0.5, 0.6) is 0 Å². The lowest BCUT2D eigenvalue weighted by molar-refractivity contribution is -0.124. The van der Waals surface area contributed by atoms with E-state index in [-0.39, 0.29) is 17.9 Å². The van der Waals surface area contributed by atoms with Gasteiger partial charge in [-0.1, -0.05) is 0 Å². The first-order valence-corrected chi connectivity index (χ1v) is 17.3. The Hall–Kier alpha value is -1.72. The van der Waals surface area contributed by atoms with Crippen LogP contribution in [-0.2, 0) is 28.5 Å². The molecule has 0 aliphatic carbocycles. The van der Waals surface area contributed by atoms with Crippen molar-refractivity contribution in [2.24, 2.45) is 0 Å². The van der Waals surface area contributed by atoms with Gasteiger partial charge in [0.2, 0.25) is 5.91 Å². The summed E-state index contributed by atoms with van der Waals surface area (Å²) in [6.07, 6.45) is 6.28. The van der Waals surface area contributed by atoms with Crippen molar-refractivity contribution in [1.29, 1.82) is 0 Å². The summed E-state index contributed by atoms with van der Waals surface area (Å²) < 4.78 is 26.9. The minimum atomic E-state index is -0.509. The third-order valence-electron chi connectivity index (χ3n) is 7.58. The number of carbonyl (C=O) groups is 1. The van der Waals surface area contributed by atoms with Crippen molar-refractivity contribution >= 4 is 23.2 Å². The molecule has 0 radical (unpaired) electrons. The Bertz CT molecular complexity index is 826. The van der Waals surface area contributed by atoms with E-state index in [0.717, 1.165) is 39.3 Å². The van der Waals surface area contributed by atoms with Gasteiger partial charge in [-0.3, -0.25) is 4.79 Å². The van der Waals surface area contributed by atoms with Crippen LogP contribution in [0, 0.1) is 12.3 Å². The van der Waals surface area contributed by atoms with Gasteiger partial charge in [-0.25, -0.2) is 0 Å². The second kappa shape index (κ2) is 27.1. The molecular formula is C31H61N9O6S. The predicted octanol–water partition coefficient (Wildman–Crippen LogP) is -3.26. The zero-order chi connectivity index (χ0) is 33.7. The summed E-state index contributed by atoms with van der Waals surface area (Å²) in [7, 11) is 1.64. The molecule has 3 fully saturated rings. The molecule has 0 aromatic carbocycles. The normalized spacial score (nSPS) is 23.2. The van der Waals surface area contributed by atoms with E-state index in [1.54, 1.807) is 7.11 Å². The average Bonchev–Trinajstić information content (AvgIpc) is 3.05. The molecule has 0 saturated carbocycles. The number of terminal acetylenes is 1. The first-order valence-electron chi connectivity index (χ1n) is 16.9. The topological polar surface area (TPSA) is 171 Å². The van der Waals surface area contributed by atoms with Crippen LogP contribution in [0.3, 0.4) is 0 Å². The molecule has 3 aliphatic rings. The molecule has 16 heteroatoms. The Morgan fingerprint density at radius 2 is 1.04 bits per heavy atom. The van der Waals surface area contributed by atoms with Crippen LogP contribution in [0.15, 0.2) is 0 Å². The van der Waals surface area contributed by atoms with E-state index < -0.39 is 5.54 Å². The molecule has 1 amide bonds. The van der Waals surface area contributed by atoms with Gasteiger partial charge in [-0.15, -0.1) is 12.3 Å². The molecule has 0 aromatic rings. The third-order valence-corrected chi connectivity index (χ3v) is 7.82. The van der Waals surface area contributed by atoms with Crippen molar-refractivity contribution in [3.63, 3.8) is 0 Å². The largest absolute Gasteiger partial charge is 0.382 e. The zero-order valence-electron chi connectivity index (χ0n) is 28.4. The smallest absolute Gasteiger partial charge is 0.222 e. The van der Waals surface area contributed by atoms with Crippen LogP contribution < -0.4 is 47.9 Å². The summed E-state index contributed by atoms with van der Waals surface area (Å²) in [6.45, 7) is 13.5. The van der Waals surface area contributed by atoms with Gasteiger partial charge in [0.1, 0.15) is 0 Å². The fraction of sp³-hybridized carbons (Fsp3) is 0.871. The zero-order valence-corrected chi connectivity index (χ0v) is 29.2. The lowest BCUT2D eigenvalue weighted by Gasteiger charge is -2.39. The molecule has 0 aromatic heterocycles. The molecule has 3 rings (SSSR count). The maximum absolute atomic E-state index is 13.1. The predicted molar refractivity (Wildman–Crippen MR) is 188 cm³/mol. The number of nitrogens with one attached hydrogen (secondary N) is 9. The number of ether oxygens (including phenoxy) is 5. The van der Waals surface area contributed by atoms with E-state index in [4.69, 9.17) is 42.3 Å². The molecular weight excluding hydrogens is 626 g/mol. The van der Waals surface area contributed by atoms with Crippen LogP contribution in [0.4, 0.5) is 0 Å². The monoisotopic (exact) mass is 687 g/mol. The number of rotatable bonds is 19. The third kappa shape index (κ3) is 20.4. The number of hydrogen-bond acceptors (Lipinski definition) is 13. The summed E-state index contributed by atoms with van der Waals surface area (Å²) in [5, 5.41) is 32.2. The summed E-state index contributed by atoms with van der Waals surface area (Å²) in [6, 6.07) is 0. The molecule has 15 nitrogen and oxygen atoms in total. The number of methoxy groups -OCH3 is 1. The number of carbonyl (C=O) groups excluding carboxylic acids is 1. The van der Waals surface area contributed by atoms with Crippen LogP contribution in [0.1, 0.15) is 12.8 Å². The minimum Gasteiger partial charge on any atom is -0.382 e.